The van der Waals surface area contributed by atoms with Gasteiger partial charge in [0.1, 0.15) is 5.75 Å². The van der Waals surface area contributed by atoms with Crippen molar-refractivity contribution in [3.05, 3.63) is 47.8 Å². The average Bonchev–Trinajstić information content (AvgIpc) is 2.78. The molecule has 0 bridgehead atoms. The summed E-state index contributed by atoms with van der Waals surface area (Å²) in [7, 11) is 1.63. The molecule has 1 saturated heterocycles. The first-order valence-corrected chi connectivity index (χ1v) is 9.50. The molecule has 1 aromatic carbocycles. The highest BCUT2D eigenvalue weighted by atomic mass is 16.6. The van der Waals surface area contributed by atoms with Crippen molar-refractivity contribution < 1.29 is 19.1 Å². The zero-order valence-corrected chi connectivity index (χ0v) is 16.6. The predicted octanol–water partition coefficient (Wildman–Crippen LogP) is 2.01. The minimum absolute atomic E-state index is 0.143. The Kier molecular flexibility index (Phi) is 6.83. The van der Waals surface area contributed by atoms with E-state index in [4.69, 9.17) is 9.47 Å². The SMILES string of the molecule is CCOC(=O)N1CCN(C(=O)c2cnc(NCc3ccc(OC)cc3)nc2)CC1. The first kappa shape index (κ1) is 20.4. The van der Waals surface area contributed by atoms with Crippen LogP contribution in [0.4, 0.5) is 10.7 Å². The third-order valence-electron chi connectivity index (χ3n) is 4.60. The molecule has 1 fully saturated rings. The molecule has 0 unspecified atom stereocenters. The Morgan fingerprint density at radius 2 is 1.66 bits per heavy atom. The van der Waals surface area contributed by atoms with Crippen molar-refractivity contribution in [2.75, 3.05) is 45.2 Å². The maximum Gasteiger partial charge on any atom is 0.409 e. The van der Waals surface area contributed by atoms with Gasteiger partial charge in [-0.2, -0.15) is 0 Å². The molecule has 0 saturated carbocycles. The summed E-state index contributed by atoms with van der Waals surface area (Å²) in [5.41, 5.74) is 1.48. The van der Waals surface area contributed by atoms with E-state index in [1.807, 2.05) is 24.3 Å². The van der Waals surface area contributed by atoms with E-state index in [1.165, 1.54) is 12.4 Å². The molecule has 29 heavy (non-hydrogen) atoms. The van der Waals surface area contributed by atoms with Gasteiger partial charge >= 0.3 is 6.09 Å². The lowest BCUT2D eigenvalue weighted by molar-refractivity contribution is 0.0570. The van der Waals surface area contributed by atoms with Gasteiger partial charge in [0.2, 0.25) is 5.95 Å². The normalized spacial score (nSPS) is 13.7. The van der Waals surface area contributed by atoms with Crippen LogP contribution in [-0.2, 0) is 11.3 Å². The number of methoxy groups -OCH3 is 1. The molecule has 2 heterocycles. The van der Waals surface area contributed by atoms with Crippen molar-refractivity contribution in [1.29, 1.82) is 0 Å². The minimum atomic E-state index is -0.338. The molecule has 1 aliphatic heterocycles. The number of nitrogens with one attached hydrogen (secondary N) is 1. The number of piperazine rings is 1. The number of anilines is 1. The van der Waals surface area contributed by atoms with Gasteiger partial charge in [0.05, 0.1) is 19.3 Å². The summed E-state index contributed by atoms with van der Waals surface area (Å²) in [5.74, 6) is 1.11. The molecule has 0 radical (unpaired) electrons. The lowest BCUT2D eigenvalue weighted by atomic mass is 10.2. The number of hydrogen-bond acceptors (Lipinski definition) is 7. The fourth-order valence-corrected chi connectivity index (χ4v) is 2.94. The van der Waals surface area contributed by atoms with Crippen LogP contribution in [0.25, 0.3) is 0 Å². The highest BCUT2D eigenvalue weighted by Gasteiger charge is 2.25. The second-order valence-corrected chi connectivity index (χ2v) is 6.48. The van der Waals surface area contributed by atoms with Gasteiger partial charge in [-0.25, -0.2) is 14.8 Å². The summed E-state index contributed by atoms with van der Waals surface area (Å²) < 4.78 is 10.1. The summed E-state index contributed by atoms with van der Waals surface area (Å²) in [4.78, 5) is 36.1. The monoisotopic (exact) mass is 399 g/mol. The fraction of sp³-hybridized carbons (Fsp3) is 0.400. The van der Waals surface area contributed by atoms with Crippen LogP contribution in [-0.4, -0.2) is 71.7 Å². The number of ether oxygens (including phenoxy) is 2. The van der Waals surface area contributed by atoms with Crippen molar-refractivity contribution >= 4 is 17.9 Å². The van der Waals surface area contributed by atoms with Crippen LogP contribution in [0.2, 0.25) is 0 Å². The zero-order valence-electron chi connectivity index (χ0n) is 16.6. The van der Waals surface area contributed by atoms with E-state index in [9.17, 15) is 9.59 Å². The minimum Gasteiger partial charge on any atom is -0.497 e. The lowest BCUT2D eigenvalue weighted by Gasteiger charge is -2.33. The number of hydrogen-bond donors (Lipinski definition) is 1. The van der Waals surface area contributed by atoms with Crippen molar-refractivity contribution in [3.63, 3.8) is 0 Å². The van der Waals surface area contributed by atoms with Gasteiger partial charge in [-0.05, 0) is 24.6 Å². The maximum absolute atomic E-state index is 12.6. The second kappa shape index (κ2) is 9.72. The maximum atomic E-state index is 12.6. The molecule has 1 aliphatic rings. The van der Waals surface area contributed by atoms with Gasteiger partial charge in [-0.3, -0.25) is 4.79 Å². The van der Waals surface area contributed by atoms with E-state index in [1.54, 1.807) is 23.8 Å². The summed E-state index contributed by atoms with van der Waals surface area (Å²) in [6.07, 6.45) is 2.70. The summed E-state index contributed by atoms with van der Waals surface area (Å²) in [5, 5.41) is 3.13. The highest BCUT2D eigenvalue weighted by molar-refractivity contribution is 5.93. The molecule has 3 rings (SSSR count). The van der Waals surface area contributed by atoms with E-state index >= 15 is 0 Å². The third kappa shape index (κ3) is 5.34. The van der Waals surface area contributed by atoms with Gasteiger partial charge in [0, 0.05) is 45.1 Å². The highest BCUT2D eigenvalue weighted by Crippen LogP contribution is 2.13. The van der Waals surface area contributed by atoms with Crippen molar-refractivity contribution in [1.82, 2.24) is 19.8 Å². The van der Waals surface area contributed by atoms with E-state index in [-0.39, 0.29) is 12.0 Å². The molecule has 154 valence electrons. The van der Waals surface area contributed by atoms with Crippen LogP contribution >= 0.6 is 0 Å². The van der Waals surface area contributed by atoms with Crippen LogP contribution in [0.3, 0.4) is 0 Å². The summed E-state index contributed by atoms with van der Waals surface area (Å²) in [6.45, 7) is 4.48. The number of carbonyl (C=O) groups is 2. The van der Waals surface area contributed by atoms with Gasteiger partial charge in [0.25, 0.3) is 5.91 Å². The van der Waals surface area contributed by atoms with E-state index in [2.05, 4.69) is 15.3 Å². The molecule has 0 spiro atoms. The van der Waals surface area contributed by atoms with Crippen molar-refractivity contribution in [3.8, 4) is 5.75 Å². The van der Waals surface area contributed by atoms with Crippen LogP contribution in [0.5, 0.6) is 5.75 Å². The Morgan fingerprint density at radius 3 is 2.24 bits per heavy atom. The molecular weight excluding hydrogens is 374 g/mol. The molecule has 2 amide bonds. The van der Waals surface area contributed by atoms with Gasteiger partial charge in [-0.1, -0.05) is 12.1 Å². The van der Waals surface area contributed by atoms with E-state index in [0.717, 1.165) is 11.3 Å². The first-order valence-electron chi connectivity index (χ1n) is 9.50. The summed E-state index contributed by atoms with van der Waals surface area (Å²) in [6, 6.07) is 7.70. The third-order valence-corrected chi connectivity index (χ3v) is 4.60. The van der Waals surface area contributed by atoms with Crippen molar-refractivity contribution in [2.24, 2.45) is 0 Å². The summed E-state index contributed by atoms with van der Waals surface area (Å²) >= 11 is 0. The second-order valence-electron chi connectivity index (χ2n) is 6.48. The van der Waals surface area contributed by atoms with Gasteiger partial charge in [-0.15, -0.1) is 0 Å². The van der Waals surface area contributed by atoms with E-state index in [0.29, 0.717) is 50.8 Å². The topological polar surface area (TPSA) is 96.9 Å². The first-order chi connectivity index (χ1) is 14.1. The molecule has 1 N–H and O–H groups in total. The fourth-order valence-electron chi connectivity index (χ4n) is 2.94. The van der Waals surface area contributed by atoms with Crippen LogP contribution < -0.4 is 10.1 Å². The molecule has 9 heteroatoms. The van der Waals surface area contributed by atoms with Crippen molar-refractivity contribution in [2.45, 2.75) is 13.5 Å². The van der Waals surface area contributed by atoms with E-state index < -0.39 is 0 Å². The number of aromatic nitrogens is 2. The number of rotatable bonds is 6. The van der Waals surface area contributed by atoms with Crippen LogP contribution in [0.15, 0.2) is 36.7 Å². The molecule has 0 aliphatic carbocycles. The van der Waals surface area contributed by atoms with Gasteiger partial charge < -0.3 is 24.6 Å². The molecule has 2 aromatic rings. The number of amides is 2. The Labute approximate surface area is 169 Å². The largest absolute Gasteiger partial charge is 0.497 e. The van der Waals surface area contributed by atoms with Crippen LogP contribution in [0, 0.1) is 0 Å². The molecule has 1 aromatic heterocycles. The molecular formula is C20H25N5O4. The number of nitrogens with zero attached hydrogens (tertiary/aromatic N) is 4. The average molecular weight is 399 g/mol. The smallest absolute Gasteiger partial charge is 0.409 e. The standard InChI is InChI=1S/C20H25N5O4/c1-3-29-20(27)25-10-8-24(9-11-25)18(26)16-13-22-19(23-14-16)21-12-15-4-6-17(28-2)7-5-15/h4-7,13-14H,3,8-12H2,1-2H3,(H,21,22,23). The Morgan fingerprint density at radius 1 is 1.03 bits per heavy atom. The molecule has 0 atom stereocenters. The van der Waals surface area contributed by atoms with Gasteiger partial charge in [0.15, 0.2) is 0 Å². The Hall–Kier alpha value is -3.36. The predicted molar refractivity (Wildman–Crippen MR) is 107 cm³/mol. The Balaban J connectivity index is 1.50. The number of carbonyl (C=O) groups excluding carboxylic acids is 2. The quantitative estimate of drug-likeness (QED) is 0.794. The zero-order chi connectivity index (χ0) is 20.6. The number of benzene rings is 1. The molecule has 9 nitrogen and oxygen atoms in total. The van der Waals surface area contributed by atoms with Crippen LogP contribution in [0.1, 0.15) is 22.8 Å². The lowest BCUT2D eigenvalue weighted by Crippen LogP contribution is -2.50. The Bertz CT molecular complexity index is 818.